The lowest BCUT2D eigenvalue weighted by Crippen LogP contribution is -2.26. The number of ether oxygens (including phenoxy) is 1. The fraction of sp³-hybridized carbons (Fsp3) is 0.200. The van der Waals surface area contributed by atoms with E-state index in [9.17, 15) is 17.2 Å². The lowest BCUT2D eigenvalue weighted by Gasteiger charge is -2.17. The predicted molar refractivity (Wildman–Crippen MR) is 83.2 cm³/mol. The Balaban J connectivity index is 2.11. The fourth-order valence-electron chi connectivity index (χ4n) is 1.90. The Bertz CT molecular complexity index is 749. The molecule has 0 heterocycles. The molecule has 4 nitrogen and oxygen atoms in total. The van der Waals surface area contributed by atoms with E-state index in [4.69, 9.17) is 11.6 Å². The summed E-state index contributed by atoms with van der Waals surface area (Å²) in [5, 5.41) is 0.446. The van der Waals surface area contributed by atoms with Crippen LogP contribution in [0.15, 0.2) is 53.4 Å². The highest BCUT2D eigenvalue weighted by atomic mass is 35.5. The van der Waals surface area contributed by atoms with Crippen LogP contribution in [-0.2, 0) is 16.6 Å². The van der Waals surface area contributed by atoms with E-state index in [1.54, 1.807) is 0 Å². The maximum Gasteiger partial charge on any atom is 0.387 e. The van der Waals surface area contributed by atoms with Gasteiger partial charge in [-0.2, -0.15) is 13.1 Å². The van der Waals surface area contributed by atoms with Gasteiger partial charge in [-0.1, -0.05) is 23.7 Å². The minimum Gasteiger partial charge on any atom is -0.435 e. The largest absolute Gasteiger partial charge is 0.435 e. The van der Waals surface area contributed by atoms with E-state index in [2.05, 4.69) is 4.74 Å². The zero-order valence-electron chi connectivity index (χ0n) is 12.1. The Morgan fingerprint density at radius 3 is 2.17 bits per heavy atom. The highest BCUT2D eigenvalue weighted by Crippen LogP contribution is 2.20. The van der Waals surface area contributed by atoms with Crippen molar-refractivity contribution in [1.29, 1.82) is 0 Å². The number of hydrogen-bond donors (Lipinski definition) is 0. The smallest absolute Gasteiger partial charge is 0.387 e. The molecule has 0 unspecified atom stereocenters. The van der Waals surface area contributed by atoms with Crippen molar-refractivity contribution >= 4 is 21.6 Å². The van der Waals surface area contributed by atoms with Crippen molar-refractivity contribution in [2.75, 3.05) is 7.05 Å². The standard InChI is InChI=1S/C15H14ClF2NO3S/c1-19(23(20,21)14-8-4-12(16)5-9-14)10-11-2-6-13(7-3-11)22-15(17)18/h2-9,15H,10H2,1H3. The van der Waals surface area contributed by atoms with E-state index in [0.29, 0.717) is 10.6 Å². The Labute approximate surface area is 138 Å². The summed E-state index contributed by atoms with van der Waals surface area (Å²) in [5.74, 6) is 0.0203. The van der Waals surface area contributed by atoms with Gasteiger partial charge in [0.1, 0.15) is 5.75 Å². The van der Waals surface area contributed by atoms with Crippen LogP contribution < -0.4 is 4.74 Å². The maximum atomic E-state index is 12.4. The third-order valence-corrected chi connectivity index (χ3v) is 5.15. The van der Waals surface area contributed by atoms with E-state index >= 15 is 0 Å². The van der Waals surface area contributed by atoms with Crippen LogP contribution in [-0.4, -0.2) is 26.4 Å². The lowest BCUT2D eigenvalue weighted by molar-refractivity contribution is -0.0498. The second kappa shape index (κ2) is 7.25. The van der Waals surface area contributed by atoms with Crippen LogP contribution in [0.2, 0.25) is 5.02 Å². The number of hydrogen-bond acceptors (Lipinski definition) is 3. The molecule has 8 heteroatoms. The van der Waals surface area contributed by atoms with Gasteiger partial charge in [-0.15, -0.1) is 0 Å². The van der Waals surface area contributed by atoms with Gasteiger partial charge in [0.15, 0.2) is 0 Å². The molecular weight excluding hydrogens is 348 g/mol. The summed E-state index contributed by atoms with van der Waals surface area (Å²) in [6, 6.07) is 11.6. The van der Waals surface area contributed by atoms with Crippen molar-refractivity contribution < 1.29 is 21.9 Å². The topological polar surface area (TPSA) is 46.6 Å². The number of alkyl halides is 2. The summed E-state index contributed by atoms with van der Waals surface area (Å²) < 4.78 is 54.4. The summed E-state index contributed by atoms with van der Waals surface area (Å²) in [6.45, 7) is -2.80. The van der Waals surface area contributed by atoms with E-state index in [1.165, 1.54) is 59.9 Å². The lowest BCUT2D eigenvalue weighted by atomic mass is 10.2. The van der Waals surface area contributed by atoms with Gasteiger partial charge in [-0.3, -0.25) is 0 Å². The van der Waals surface area contributed by atoms with Gasteiger partial charge in [0.2, 0.25) is 10.0 Å². The number of benzene rings is 2. The van der Waals surface area contributed by atoms with Gasteiger partial charge in [0.25, 0.3) is 0 Å². The van der Waals surface area contributed by atoms with Gasteiger partial charge in [0.05, 0.1) is 4.90 Å². The van der Waals surface area contributed by atoms with Crippen LogP contribution in [0, 0.1) is 0 Å². The van der Waals surface area contributed by atoms with Gasteiger partial charge in [-0.05, 0) is 42.0 Å². The average molecular weight is 362 g/mol. The molecule has 0 fully saturated rings. The monoisotopic (exact) mass is 361 g/mol. The molecule has 0 aliphatic rings. The first-order valence-corrected chi connectivity index (χ1v) is 8.36. The molecule has 0 aromatic heterocycles. The molecule has 124 valence electrons. The van der Waals surface area contributed by atoms with Crippen LogP contribution in [0.5, 0.6) is 5.75 Å². The zero-order valence-corrected chi connectivity index (χ0v) is 13.7. The first-order valence-electron chi connectivity index (χ1n) is 6.55. The molecule has 0 atom stereocenters. The summed E-state index contributed by atoms with van der Waals surface area (Å²) in [5.41, 5.74) is 0.645. The van der Waals surface area contributed by atoms with E-state index in [1.807, 2.05) is 0 Å². The molecule has 2 aromatic rings. The summed E-state index contributed by atoms with van der Waals surface area (Å²) in [6.07, 6.45) is 0. The number of halogens is 3. The quantitative estimate of drug-likeness (QED) is 0.787. The zero-order chi connectivity index (χ0) is 17.0. The summed E-state index contributed by atoms with van der Waals surface area (Å²) in [7, 11) is -2.22. The SMILES string of the molecule is CN(Cc1ccc(OC(F)F)cc1)S(=O)(=O)c1ccc(Cl)cc1. The van der Waals surface area contributed by atoms with Crippen LogP contribution in [0.3, 0.4) is 0 Å². The van der Waals surface area contributed by atoms with Crippen LogP contribution >= 0.6 is 11.6 Å². The van der Waals surface area contributed by atoms with Crippen molar-refractivity contribution in [2.45, 2.75) is 18.1 Å². The minimum atomic E-state index is -3.66. The Kier molecular flexibility index (Phi) is 5.56. The molecule has 2 rings (SSSR count). The van der Waals surface area contributed by atoms with Crippen LogP contribution in [0.25, 0.3) is 0 Å². The molecule has 0 amide bonds. The third-order valence-electron chi connectivity index (χ3n) is 3.08. The molecule has 0 aliphatic heterocycles. The van der Waals surface area contributed by atoms with E-state index in [-0.39, 0.29) is 17.2 Å². The molecule has 0 aliphatic carbocycles. The average Bonchev–Trinajstić information content (AvgIpc) is 2.49. The van der Waals surface area contributed by atoms with Crippen LogP contribution in [0.1, 0.15) is 5.56 Å². The molecule has 2 aromatic carbocycles. The van der Waals surface area contributed by atoms with Crippen molar-refractivity contribution in [1.82, 2.24) is 4.31 Å². The summed E-state index contributed by atoms with van der Waals surface area (Å²) >= 11 is 5.75. The second-order valence-corrected chi connectivity index (χ2v) is 7.22. The normalized spacial score (nSPS) is 11.9. The first kappa shape index (κ1) is 17.7. The minimum absolute atomic E-state index is 0.0203. The molecule has 0 spiro atoms. The highest BCUT2D eigenvalue weighted by molar-refractivity contribution is 7.89. The second-order valence-electron chi connectivity index (χ2n) is 4.74. The number of sulfonamides is 1. The fourth-order valence-corrected chi connectivity index (χ4v) is 3.19. The number of rotatable bonds is 6. The van der Waals surface area contributed by atoms with Gasteiger partial charge >= 0.3 is 6.61 Å². The maximum absolute atomic E-state index is 12.4. The van der Waals surface area contributed by atoms with Crippen molar-refractivity contribution in [3.8, 4) is 5.75 Å². The van der Waals surface area contributed by atoms with Crippen molar-refractivity contribution in [3.63, 3.8) is 0 Å². The van der Waals surface area contributed by atoms with Crippen molar-refractivity contribution in [3.05, 3.63) is 59.1 Å². The molecule has 0 N–H and O–H groups in total. The molecule has 0 saturated carbocycles. The predicted octanol–water partition coefficient (Wildman–Crippen LogP) is 3.76. The van der Waals surface area contributed by atoms with Gasteiger partial charge < -0.3 is 4.74 Å². The van der Waals surface area contributed by atoms with Crippen LogP contribution in [0.4, 0.5) is 8.78 Å². The summed E-state index contributed by atoms with van der Waals surface area (Å²) in [4.78, 5) is 0.127. The molecule has 0 bridgehead atoms. The third kappa shape index (κ3) is 4.63. The highest BCUT2D eigenvalue weighted by Gasteiger charge is 2.20. The molecule has 0 saturated heterocycles. The molecular formula is C15H14ClF2NO3S. The first-order chi connectivity index (χ1) is 10.8. The Hall–Kier alpha value is -1.70. The Morgan fingerprint density at radius 1 is 1.09 bits per heavy atom. The van der Waals surface area contributed by atoms with Crippen molar-refractivity contribution in [2.24, 2.45) is 0 Å². The molecule has 23 heavy (non-hydrogen) atoms. The number of nitrogens with zero attached hydrogens (tertiary/aromatic N) is 1. The van der Waals surface area contributed by atoms with Gasteiger partial charge in [0, 0.05) is 18.6 Å². The van der Waals surface area contributed by atoms with Gasteiger partial charge in [-0.25, -0.2) is 8.42 Å². The van der Waals surface area contributed by atoms with E-state index < -0.39 is 16.6 Å². The Morgan fingerprint density at radius 2 is 1.65 bits per heavy atom. The molecule has 0 radical (unpaired) electrons. The van der Waals surface area contributed by atoms with E-state index in [0.717, 1.165) is 0 Å².